The summed E-state index contributed by atoms with van der Waals surface area (Å²) in [7, 11) is -3.78. The van der Waals surface area contributed by atoms with Crippen molar-refractivity contribution in [3.8, 4) is 6.07 Å². The fourth-order valence-corrected chi connectivity index (χ4v) is 3.42. The van der Waals surface area contributed by atoms with Crippen LogP contribution in [0.2, 0.25) is 0 Å². The first-order chi connectivity index (χ1) is 12.0. The number of sulfonamides is 1. The Labute approximate surface area is 146 Å². The summed E-state index contributed by atoms with van der Waals surface area (Å²) in [6, 6.07) is 16.1. The van der Waals surface area contributed by atoms with Crippen LogP contribution in [0.15, 0.2) is 66.0 Å². The zero-order chi connectivity index (χ0) is 17.9. The van der Waals surface area contributed by atoms with Gasteiger partial charge in [-0.1, -0.05) is 30.3 Å². The van der Waals surface area contributed by atoms with Crippen LogP contribution in [-0.4, -0.2) is 18.0 Å². The lowest BCUT2D eigenvalue weighted by Gasteiger charge is -2.11. The van der Waals surface area contributed by atoms with Gasteiger partial charge in [0.05, 0.1) is 22.9 Å². The van der Waals surface area contributed by atoms with Gasteiger partial charge < -0.3 is 4.57 Å². The van der Waals surface area contributed by atoms with Crippen LogP contribution in [0, 0.1) is 11.3 Å². The molecule has 0 saturated carbocycles. The monoisotopic (exact) mass is 352 g/mol. The lowest BCUT2D eigenvalue weighted by Crippen LogP contribution is -2.15. The van der Waals surface area contributed by atoms with E-state index in [0.717, 1.165) is 11.3 Å². The minimum absolute atomic E-state index is 0.126. The molecule has 0 amide bonds. The first kappa shape index (κ1) is 16.9. The molecule has 1 aromatic heterocycles. The summed E-state index contributed by atoms with van der Waals surface area (Å²) in [5.74, 6) is 0. The first-order valence-corrected chi connectivity index (χ1v) is 9.11. The van der Waals surface area contributed by atoms with Gasteiger partial charge in [-0.15, -0.1) is 0 Å². The summed E-state index contributed by atoms with van der Waals surface area (Å²) in [4.78, 5) is 4.30. The van der Waals surface area contributed by atoms with Gasteiger partial charge in [0.2, 0.25) is 10.0 Å². The van der Waals surface area contributed by atoms with E-state index in [1.54, 1.807) is 42.9 Å². The second-order valence-electron chi connectivity index (χ2n) is 5.65. The van der Waals surface area contributed by atoms with Crippen molar-refractivity contribution in [1.82, 2.24) is 9.55 Å². The molecule has 0 fully saturated rings. The van der Waals surface area contributed by atoms with E-state index < -0.39 is 10.0 Å². The molecule has 0 spiro atoms. The summed E-state index contributed by atoms with van der Waals surface area (Å²) < 4.78 is 25.4. The van der Waals surface area contributed by atoms with E-state index in [9.17, 15) is 8.42 Å². The normalized spacial score (nSPS) is 11.2. The third kappa shape index (κ3) is 3.94. The Morgan fingerprint density at radius 2 is 1.84 bits per heavy atom. The highest BCUT2D eigenvalue weighted by molar-refractivity contribution is 7.89. The molecule has 0 bridgehead atoms. The zero-order valence-electron chi connectivity index (χ0n) is 13.3. The van der Waals surface area contributed by atoms with E-state index in [1.807, 2.05) is 16.7 Å². The first-order valence-electron chi connectivity index (χ1n) is 7.56. The number of imidazole rings is 1. The van der Waals surface area contributed by atoms with Gasteiger partial charge in [-0.3, -0.25) is 0 Å². The number of nitrogens with zero attached hydrogens (tertiary/aromatic N) is 3. The molecule has 0 aliphatic rings. The molecule has 3 rings (SSSR count). The SMILES string of the molecule is N#Cc1ccc(Cn2cncc2Cc2ccccc2S(N)(=O)=O)cc1. The van der Waals surface area contributed by atoms with E-state index >= 15 is 0 Å². The highest BCUT2D eigenvalue weighted by Gasteiger charge is 2.15. The maximum absolute atomic E-state index is 11.7. The minimum Gasteiger partial charge on any atom is -0.330 e. The molecule has 0 aliphatic carbocycles. The molecular weight excluding hydrogens is 336 g/mol. The Bertz CT molecular complexity index is 1030. The Morgan fingerprint density at radius 1 is 1.12 bits per heavy atom. The molecule has 6 nitrogen and oxygen atoms in total. The Morgan fingerprint density at radius 3 is 2.52 bits per heavy atom. The average Bonchev–Trinajstić information content (AvgIpc) is 3.02. The quantitative estimate of drug-likeness (QED) is 0.759. The molecule has 7 heteroatoms. The van der Waals surface area contributed by atoms with Crippen molar-refractivity contribution in [2.24, 2.45) is 5.14 Å². The number of hydrogen-bond acceptors (Lipinski definition) is 4. The fraction of sp³-hybridized carbons (Fsp3) is 0.111. The third-order valence-electron chi connectivity index (χ3n) is 3.89. The third-order valence-corrected chi connectivity index (χ3v) is 4.90. The molecular formula is C18H16N4O2S. The highest BCUT2D eigenvalue weighted by Crippen LogP contribution is 2.18. The van der Waals surface area contributed by atoms with E-state index in [0.29, 0.717) is 24.1 Å². The zero-order valence-corrected chi connectivity index (χ0v) is 14.1. The minimum atomic E-state index is -3.78. The summed E-state index contributed by atoms with van der Waals surface area (Å²) in [5, 5.41) is 14.2. The number of rotatable bonds is 5. The smallest absolute Gasteiger partial charge is 0.238 e. The number of nitrogens with two attached hydrogens (primary N) is 1. The van der Waals surface area contributed by atoms with E-state index in [4.69, 9.17) is 10.4 Å². The second kappa shape index (κ2) is 6.89. The van der Waals surface area contributed by atoms with Crippen LogP contribution >= 0.6 is 0 Å². The van der Waals surface area contributed by atoms with Crippen molar-refractivity contribution < 1.29 is 8.42 Å². The van der Waals surface area contributed by atoms with Crippen molar-refractivity contribution >= 4 is 10.0 Å². The van der Waals surface area contributed by atoms with Crippen LogP contribution in [0.25, 0.3) is 0 Å². The largest absolute Gasteiger partial charge is 0.330 e. The van der Waals surface area contributed by atoms with E-state index in [-0.39, 0.29) is 4.90 Å². The van der Waals surface area contributed by atoms with Crippen molar-refractivity contribution in [2.75, 3.05) is 0 Å². The van der Waals surface area contributed by atoms with Crippen LogP contribution in [0.5, 0.6) is 0 Å². The predicted molar refractivity (Wildman–Crippen MR) is 93.1 cm³/mol. The van der Waals surface area contributed by atoms with E-state index in [2.05, 4.69) is 11.1 Å². The topological polar surface area (TPSA) is 102 Å². The van der Waals surface area contributed by atoms with Crippen LogP contribution in [0.1, 0.15) is 22.4 Å². The number of benzene rings is 2. The van der Waals surface area contributed by atoms with Gasteiger partial charge in [0.25, 0.3) is 0 Å². The van der Waals surface area contributed by atoms with Gasteiger partial charge >= 0.3 is 0 Å². The molecule has 0 radical (unpaired) electrons. The summed E-state index contributed by atoms with van der Waals surface area (Å²) in [5.41, 5.74) is 3.14. The van der Waals surface area contributed by atoms with Gasteiger partial charge in [-0.25, -0.2) is 18.5 Å². The Balaban J connectivity index is 1.87. The molecule has 2 aromatic carbocycles. The van der Waals surface area contributed by atoms with Crippen LogP contribution in [0.4, 0.5) is 0 Å². The number of aromatic nitrogens is 2. The van der Waals surface area contributed by atoms with Gasteiger partial charge in [0.1, 0.15) is 0 Å². The predicted octanol–water partition coefficient (Wildman–Crippen LogP) is 2.04. The molecule has 0 atom stereocenters. The average molecular weight is 352 g/mol. The van der Waals surface area contributed by atoms with Crippen molar-refractivity contribution in [3.63, 3.8) is 0 Å². The molecule has 0 aliphatic heterocycles. The maximum atomic E-state index is 11.7. The molecule has 126 valence electrons. The lowest BCUT2D eigenvalue weighted by atomic mass is 10.1. The second-order valence-corrected chi connectivity index (χ2v) is 7.18. The molecule has 0 unspecified atom stereocenters. The van der Waals surface area contributed by atoms with Crippen molar-refractivity contribution in [2.45, 2.75) is 17.9 Å². The lowest BCUT2D eigenvalue weighted by molar-refractivity contribution is 0.596. The molecule has 0 saturated heterocycles. The molecule has 2 N–H and O–H groups in total. The van der Waals surface area contributed by atoms with Gasteiger partial charge in [-0.05, 0) is 29.3 Å². The van der Waals surface area contributed by atoms with Crippen LogP contribution < -0.4 is 5.14 Å². The van der Waals surface area contributed by atoms with Gasteiger partial charge in [0.15, 0.2) is 0 Å². The van der Waals surface area contributed by atoms with Crippen LogP contribution in [0.3, 0.4) is 0 Å². The van der Waals surface area contributed by atoms with Crippen molar-refractivity contribution in [3.05, 3.63) is 83.4 Å². The highest BCUT2D eigenvalue weighted by atomic mass is 32.2. The molecule has 3 aromatic rings. The Kier molecular flexibility index (Phi) is 4.65. The van der Waals surface area contributed by atoms with Gasteiger partial charge in [-0.2, -0.15) is 5.26 Å². The van der Waals surface area contributed by atoms with Crippen LogP contribution in [-0.2, 0) is 23.0 Å². The number of primary sulfonamides is 1. The molecule has 1 heterocycles. The number of hydrogen-bond donors (Lipinski definition) is 1. The fourth-order valence-electron chi connectivity index (χ4n) is 2.64. The molecule has 25 heavy (non-hydrogen) atoms. The number of nitriles is 1. The Hall–Kier alpha value is -2.95. The summed E-state index contributed by atoms with van der Waals surface area (Å²) >= 11 is 0. The standard InChI is InChI=1S/C18H16N4O2S/c19-10-14-5-7-15(8-6-14)12-22-13-21-11-17(22)9-16-3-1-2-4-18(16)25(20,23)24/h1-8,11,13H,9,12H2,(H2,20,23,24). The maximum Gasteiger partial charge on any atom is 0.238 e. The van der Waals surface area contributed by atoms with Gasteiger partial charge in [0, 0.05) is 24.9 Å². The van der Waals surface area contributed by atoms with Crippen molar-refractivity contribution in [1.29, 1.82) is 5.26 Å². The van der Waals surface area contributed by atoms with E-state index in [1.165, 1.54) is 6.07 Å². The summed E-state index contributed by atoms with van der Waals surface area (Å²) in [6.07, 6.45) is 3.82. The summed E-state index contributed by atoms with van der Waals surface area (Å²) in [6.45, 7) is 0.582.